The van der Waals surface area contributed by atoms with Gasteiger partial charge in [-0.15, -0.1) is 0 Å². The van der Waals surface area contributed by atoms with Gasteiger partial charge in [0.05, 0.1) is 25.2 Å². The van der Waals surface area contributed by atoms with E-state index in [0.717, 1.165) is 15.6 Å². The van der Waals surface area contributed by atoms with Crippen LogP contribution in [0.4, 0.5) is 10.3 Å². The van der Waals surface area contributed by atoms with Crippen LogP contribution >= 0.6 is 15.9 Å². The summed E-state index contributed by atoms with van der Waals surface area (Å²) in [5, 5.41) is 14.8. The van der Waals surface area contributed by atoms with Gasteiger partial charge in [0.15, 0.2) is 11.5 Å². The van der Waals surface area contributed by atoms with Crippen molar-refractivity contribution in [1.82, 2.24) is 9.66 Å². The number of hydrogen-bond donors (Lipinski definition) is 1. The maximum Gasteiger partial charge on any atom is 0.251 e. The summed E-state index contributed by atoms with van der Waals surface area (Å²) in [4.78, 5) is 9.03. The molecule has 4 rings (SSSR count). The molecule has 0 aliphatic heterocycles. The standard InChI is InChI=1S/C24H18BrFN4O2/c1-32-22-12-19(25)11-18(23(22)31)14-27-24-29-21(17-5-3-2-4-6-17)15-30(24)28-13-16-7-9-20(26)10-8-16/h2-15,31H,1H3/b27-14+,28-13+. The molecule has 0 amide bonds. The topological polar surface area (TPSA) is 72.0 Å². The van der Waals surface area contributed by atoms with Gasteiger partial charge in [-0.05, 0) is 29.8 Å². The minimum Gasteiger partial charge on any atom is -0.504 e. The molecule has 0 saturated carbocycles. The smallest absolute Gasteiger partial charge is 0.251 e. The van der Waals surface area contributed by atoms with Gasteiger partial charge in [-0.3, -0.25) is 0 Å². The Bertz CT molecular complexity index is 1290. The maximum absolute atomic E-state index is 13.2. The lowest BCUT2D eigenvalue weighted by atomic mass is 10.2. The Labute approximate surface area is 192 Å². The fourth-order valence-electron chi connectivity index (χ4n) is 2.94. The molecule has 6 nitrogen and oxygen atoms in total. The first-order valence-electron chi connectivity index (χ1n) is 9.59. The number of benzene rings is 3. The van der Waals surface area contributed by atoms with E-state index < -0.39 is 0 Å². The van der Waals surface area contributed by atoms with Gasteiger partial charge in [0, 0.05) is 21.8 Å². The van der Waals surface area contributed by atoms with Crippen LogP contribution in [0.5, 0.6) is 11.5 Å². The molecule has 0 radical (unpaired) electrons. The fraction of sp³-hybridized carbons (Fsp3) is 0.0417. The highest BCUT2D eigenvalue weighted by Crippen LogP contribution is 2.33. The predicted molar refractivity (Wildman–Crippen MR) is 127 cm³/mol. The Hall–Kier alpha value is -3.78. The second-order valence-electron chi connectivity index (χ2n) is 6.74. The summed E-state index contributed by atoms with van der Waals surface area (Å²) in [5.74, 6) is 0.283. The average molecular weight is 493 g/mol. The third-order valence-corrected chi connectivity index (χ3v) is 5.01. The third-order valence-electron chi connectivity index (χ3n) is 4.55. The van der Waals surface area contributed by atoms with Gasteiger partial charge >= 0.3 is 0 Å². The minimum atomic E-state index is -0.314. The zero-order chi connectivity index (χ0) is 22.5. The molecule has 1 N–H and O–H groups in total. The molecule has 160 valence electrons. The van der Waals surface area contributed by atoms with Crippen molar-refractivity contribution in [3.8, 4) is 22.8 Å². The van der Waals surface area contributed by atoms with Gasteiger partial charge in [-0.25, -0.2) is 19.0 Å². The van der Waals surface area contributed by atoms with Crippen LogP contribution in [0.25, 0.3) is 11.3 Å². The van der Waals surface area contributed by atoms with E-state index in [1.165, 1.54) is 30.1 Å². The van der Waals surface area contributed by atoms with E-state index in [9.17, 15) is 9.50 Å². The van der Waals surface area contributed by atoms with Crippen molar-refractivity contribution >= 4 is 34.3 Å². The predicted octanol–water partition coefficient (Wildman–Crippen LogP) is 5.80. The van der Waals surface area contributed by atoms with Crippen molar-refractivity contribution in [2.24, 2.45) is 10.1 Å². The number of aliphatic imine (C=N–C) groups is 1. The van der Waals surface area contributed by atoms with Gasteiger partial charge in [0.1, 0.15) is 5.82 Å². The number of halogens is 2. The van der Waals surface area contributed by atoms with Crippen LogP contribution in [0, 0.1) is 5.82 Å². The second kappa shape index (κ2) is 9.57. The molecule has 0 spiro atoms. The van der Waals surface area contributed by atoms with Crippen molar-refractivity contribution in [3.63, 3.8) is 0 Å². The summed E-state index contributed by atoms with van der Waals surface area (Å²) in [6.45, 7) is 0. The van der Waals surface area contributed by atoms with Crippen molar-refractivity contribution in [2.75, 3.05) is 7.11 Å². The second-order valence-corrected chi connectivity index (χ2v) is 7.65. The zero-order valence-corrected chi connectivity index (χ0v) is 18.6. The van der Waals surface area contributed by atoms with E-state index >= 15 is 0 Å². The van der Waals surface area contributed by atoms with Crippen LogP contribution in [-0.4, -0.2) is 34.3 Å². The molecular weight excluding hydrogens is 475 g/mol. The molecule has 0 aliphatic rings. The minimum absolute atomic E-state index is 0.0318. The Morgan fingerprint density at radius 3 is 2.53 bits per heavy atom. The third kappa shape index (κ3) is 4.92. The van der Waals surface area contributed by atoms with Crippen molar-refractivity contribution < 1.29 is 14.2 Å². The molecule has 0 aliphatic carbocycles. The first-order chi connectivity index (χ1) is 15.5. The first-order valence-corrected chi connectivity index (χ1v) is 10.4. The lowest BCUT2D eigenvalue weighted by Gasteiger charge is -2.06. The van der Waals surface area contributed by atoms with E-state index in [1.807, 2.05) is 30.3 Å². The molecule has 0 fully saturated rings. The summed E-state index contributed by atoms with van der Waals surface area (Å²) in [5.41, 5.74) is 2.77. The van der Waals surface area contributed by atoms with E-state index in [1.54, 1.807) is 36.7 Å². The normalized spacial score (nSPS) is 11.5. The van der Waals surface area contributed by atoms with Gasteiger partial charge in [0.25, 0.3) is 5.95 Å². The fourth-order valence-corrected chi connectivity index (χ4v) is 3.39. The van der Waals surface area contributed by atoms with E-state index in [0.29, 0.717) is 23.0 Å². The Kier molecular flexibility index (Phi) is 6.42. The molecule has 0 unspecified atom stereocenters. The number of aromatic hydroxyl groups is 1. The Balaban J connectivity index is 1.73. The number of rotatable bonds is 6. The summed E-state index contributed by atoms with van der Waals surface area (Å²) in [6, 6.07) is 19.0. The summed E-state index contributed by atoms with van der Waals surface area (Å²) < 4.78 is 20.6. The highest BCUT2D eigenvalue weighted by Gasteiger charge is 2.11. The quantitative estimate of drug-likeness (QED) is 0.345. The van der Waals surface area contributed by atoms with E-state index in [-0.39, 0.29) is 11.6 Å². The number of hydrogen-bond acceptors (Lipinski definition) is 5. The molecule has 4 aromatic rings. The lowest BCUT2D eigenvalue weighted by molar-refractivity contribution is 0.373. The highest BCUT2D eigenvalue weighted by molar-refractivity contribution is 9.10. The van der Waals surface area contributed by atoms with Crippen LogP contribution < -0.4 is 4.74 Å². The number of imidazole rings is 1. The summed E-state index contributed by atoms with van der Waals surface area (Å²) in [6.07, 6.45) is 4.83. The largest absolute Gasteiger partial charge is 0.504 e. The zero-order valence-electron chi connectivity index (χ0n) is 17.0. The molecule has 8 heteroatoms. The van der Waals surface area contributed by atoms with Crippen LogP contribution in [0.3, 0.4) is 0 Å². The van der Waals surface area contributed by atoms with Crippen molar-refractivity contribution in [2.45, 2.75) is 0 Å². The molecule has 3 aromatic carbocycles. The summed E-state index contributed by atoms with van der Waals surface area (Å²) >= 11 is 3.40. The molecule has 32 heavy (non-hydrogen) atoms. The van der Waals surface area contributed by atoms with Gasteiger partial charge in [-0.2, -0.15) is 5.10 Å². The number of ether oxygens (including phenoxy) is 1. The Morgan fingerprint density at radius 1 is 1.06 bits per heavy atom. The van der Waals surface area contributed by atoms with Gasteiger partial charge in [-0.1, -0.05) is 58.4 Å². The molecule has 1 aromatic heterocycles. The molecular formula is C24H18BrFN4O2. The van der Waals surface area contributed by atoms with Crippen molar-refractivity contribution in [1.29, 1.82) is 0 Å². The van der Waals surface area contributed by atoms with Crippen LogP contribution in [-0.2, 0) is 0 Å². The van der Waals surface area contributed by atoms with E-state index in [2.05, 4.69) is 31.0 Å². The van der Waals surface area contributed by atoms with Crippen LogP contribution in [0.15, 0.2) is 87.5 Å². The van der Waals surface area contributed by atoms with Crippen LogP contribution in [0.1, 0.15) is 11.1 Å². The van der Waals surface area contributed by atoms with E-state index in [4.69, 9.17) is 4.74 Å². The number of phenolic OH excluding ortho intramolecular Hbond substituents is 1. The van der Waals surface area contributed by atoms with Crippen LogP contribution in [0.2, 0.25) is 0 Å². The SMILES string of the molecule is COc1cc(Br)cc(/C=N/c2nc(-c3ccccc3)cn2/N=C/c2ccc(F)cc2)c1O. The summed E-state index contributed by atoms with van der Waals surface area (Å²) in [7, 11) is 1.48. The highest BCUT2D eigenvalue weighted by atomic mass is 79.9. The lowest BCUT2D eigenvalue weighted by Crippen LogP contribution is -1.92. The first kappa shape index (κ1) is 21.5. The number of aromatic nitrogens is 2. The van der Waals surface area contributed by atoms with Gasteiger partial charge < -0.3 is 9.84 Å². The Morgan fingerprint density at radius 2 is 1.81 bits per heavy atom. The number of methoxy groups -OCH3 is 1. The number of nitrogens with zero attached hydrogens (tertiary/aromatic N) is 4. The molecule has 0 saturated heterocycles. The molecule has 1 heterocycles. The number of phenols is 1. The average Bonchev–Trinajstić information content (AvgIpc) is 3.22. The van der Waals surface area contributed by atoms with Crippen molar-refractivity contribution in [3.05, 3.63) is 94.3 Å². The monoisotopic (exact) mass is 492 g/mol. The maximum atomic E-state index is 13.2. The molecule has 0 bridgehead atoms. The van der Waals surface area contributed by atoms with Gasteiger partial charge in [0.2, 0.25) is 0 Å². The molecule has 0 atom stereocenters.